The van der Waals surface area contributed by atoms with Gasteiger partial charge in [0.2, 0.25) is 11.5 Å². The van der Waals surface area contributed by atoms with Crippen LogP contribution in [0, 0.1) is 0 Å². The van der Waals surface area contributed by atoms with Crippen molar-refractivity contribution in [3.05, 3.63) is 65.2 Å². The van der Waals surface area contributed by atoms with Gasteiger partial charge < -0.3 is 58.7 Å². The van der Waals surface area contributed by atoms with Gasteiger partial charge in [-0.25, -0.2) is 0 Å². The Morgan fingerprint density at radius 3 is 1.73 bits per heavy atom. The molecular formula is C32H40O12. The van der Waals surface area contributed by atoms with Gasteiger partial charge in [0.05, 0.1) is 55.4 Å². The summed E-state index contributed by atoms with van der Waals surface area (Å²) in [6.07, 6.45) is 0.217. The van der Waals surface area contributed by atoms with Gasteiger partial charge in [0, 0.05) is 6.42 Å². The number of hydrogen-bond donors (Lipinski definition) is 5. The molecule has 0 heterocycles. The van der Waals surface area contributed by atoms with E-state index in [4.69, 9.17) is 38.3 Å². The molecule has 0 bridgehead atoms. The quantitative estimate of drug-likeness (QED) is 0.151. The number of rotatable bonds is 17. The highest BCUT2D eigenvalue weighted by Crippen LogP contribution is 2.44. The molecule has 0 fully saturated rings. The third-order valence-electron chi connectivity index (χ3n) is 6.72. The summed E-state index contributed by atoms with van der Waals surface area (Å²) in [5.41, 5.74) is 1.71. The number of aliphatic hydroxyl groups is 4. The van der Waals surface area contributed by atoms with Crippen molar-refractivity contribution in [1.29, 1.82) is 0 Å². The van der Waals surface area contributed by atoms with Crippen molar-refractivity contribution in [3.8, 4) is 46.0 Å². The lowest BCUT2D eigenvalue weighted by Crippen LogP contribution is -2.29. The van der Waals surface area contributed by atoms with Crippen LogP contribution in [0.3, 0.4) is 0 Å². The molecule has 0 aliphatic rings. The van der Waals surface area contributed by atoms with E-state index in [1.165, 1.54) is 53.7 Å². The Kier molecular flexibility index (Phi) is 12.8. The minimum Gasteiger partial charge on any atom is -0.504 e. The van der Waals surface area contributed by atoms with E-state index in [1.54, 1.807) is 36.4 Å². The van der Waals surface area contributed by atoms with Crippen LogP contribution in [-0.4, -0.2) is 93.1 Å². The minimum atomic E-state index is -1.38. The summed E-state index contributed by atoms with van der Waals surface area (Å²) in [5, 5.41) is 50.6. The van der Waals surface area contributed by atoms with Gasteiger partial charge in [0.15, 0.2) is 40.6 Å². The monoisotopic (exact) mass is 616 g/mol. The molecular weight excluding hydrogens is 576 g/mol. The first-order valence-corrected chi connectivity index (χ1v) is 13.7. The standard InChI is InChI=1S/C32H40O12/c1-38-24-12-20(8-9-23(24)36)11-22(17-34)43-31-27(41-4)15-21(16-28(31)42-5)30(37)29(18-35)44-32-25(39-2)13-19(7-6-10-33)14-26(32)40-3/h6-9,12-16,22,29-30,33-37H,10-11,17-18H2,1-5H3/b7-6+/t22?,29-,30+/m1/s1. The Bertz CT molecular complexity index is 1340. The molecule has 0 spiro atoms. The molecule has 0 aromatic heterocycles. The number of hydrogen-bond acceptors (Lipinski definition) is 12. The van der Waals surface area contributed by atoms with Crippen LogP contribution in [0.5, 0.6) is 46.0 Å². The Morgan fingerprint density at radius 2 is 1.23 bits per heavy atom. The summed E-state index contributed by atoms with van der Waals surface area (Å²) >= 11 is 0. The van der Waals surface area contributed by atoms with E-state index in [0.29, 0.717) is 5.56 Å². The third kappa shape index (κ3) is 8.17. The average Bonchev–Trinajstić information content (AvgIpc) is 3.05. The van der Waals surface area contributed by atoms with E-state index >= 15 is 0 Å². The Morgan fingerprint density at radius 1 is 0.682 bits per heavy atom. The van der Waals surface area contributed by atoms with Gasteiger partial charge in [-0.1, -0.05) is 18.2 Å². The lowest BCUT2D eigenvalue weighted by atomic mass is 10.0. The molecule has 3 aromatic rings. The summed E-state index contributed by atoms with van der Waals surface area (Å²) in [7, 11) is 7.16. The van der Waals surface area contributed by atoms with Crippen LogP contribution >= 0.6 is 0 Å². The number of ether oxygens (including phenoxy) is 7. The molecule has 240 valence electrons. The van der Waals surface area contributed by atoms with E-state index in [1.807, 2.05) is 0 Å². The maximum Gasteiger partial charge on any atom is 0.204 e. The first kappa shape index (κ1) is 34.1. The van der Waals surface area contributed by atoms with Crippen LogP contribution in [0.15, 0.2) is 48.5 Å². The van der Waals surface area contributed by atoms with Crippen molar-refractivity contribution in [2.75, 3.05) is 55.4 Å². The SMILES string of the molecule is COc1cc(CC(CO)Oc2c(OC)cc([C@H](O)[C@@H](CO)Oc3c(OC)cc(/C=C/CO)cc3OC)cc2OC)ccc1O. The summed E-state index contributed by atoms with van der Waals surface area (Å²) in [4.78, 5) is 0. The van der Waals surface area contributed by atoms with E-state index in [2.05, 4.69) is 0 Å². The molecule has 0 saturated carbocycles. The molecule has 0 amide bonds. The lowest BCUT2D eigenvalue weighted by Gasteiger charge is -2.26. The second kappa shape index (κ2) is 16.5. The van der Waals surface area contributed by atoms with Crippen LogP contribution < -0.4 is 33.2 Å². The molecule has 0 saturated heterocycles. The summed E-state index contributed by atoms with van der Waals surface area (Å²) < 4.78 is 39.4. The normalized spacial score (nSPS) is 13.2. The van der Waals surface area contributed by atoms with Crippen LogP contribution in [0.25, 0.3) is 6.08 Å². The highest BCUT2D eigenvalue weighted by Gasteiger charge is 2.29. The number of phenolic OH excluding ortho intramolecular Hbond substituents is 1. The third-order valence-corrected chi connectivity index (χ3v) is 6.72. The molecule has 12 nitrogen and oxygen atoms in total. The summed E-state index contributed by atoms with van der Waals surface area (Å²) in [6, 6.07) is 11.2. The molecule has 44 heavy (non-hydrogen) atoms. The molecule has 3 rings (SSSR count). The fourth-order valence-electron chi connectivity index (χ4n) is 4.48. The van der Waals surface area contributed by atoms with Crippen molar-refractivity contribution in [2.24, 2.45) is 0 Å². The Hall–Kier alpha value is -4.36. The number of aliphatic hydroxyl groups excluding tert-OH is 4. The van der Waals surface area contributed by atoms with Gasteiger partial charge in [-0.05, 0) is 53.1 Å². The first-order chi connectivity index (χ1) is 21.3. The summed E-state index contributed by atoms with van der Waals surface area (Å²) in [6.45, 7) is -1.07. The zero-order valence-electron chi connectivity index (χ0n) is 25.4. The number of methoxy groups -OCH3 is 5. The van der Waals surface area contributed by atoms with Gasteiger partial charge in [-0.3, -0.25) is 0 Å². The zero-order valence-corrected chi connectivity index (χ0v) is 25.4. The lowest BCUT2D eigenvalue weighted by molar-refractivity contribution is -0.00189. The van der Waals surface area contributed by atoms with Crippen LogP contribution in [0.1, 0.15) is 22.8 Å². The van der Waals surface area contributed by atoms with Crippen LogP contribution in [0.4, 0.5) is 0 Å². The smallest absolute Gasteiger partial charge is 0.204 e. The molecule has 3 aromatic carbocycles. The zero-order chi connectivity index (χ0) is 32.2. The van der Waals surface area contributed by atoms with Gasteiger partial charge in [-0.15, -0.1) is 0 Å². The molecule has 12 heteroatoms. The largest absolute Gasteiger partial charge is 0.504 e. The maximum atomic E-state index is 11.3. The van der Waals surface area contributed by atoms with Crippen molar-refractivity contribution < 1.29 is 58.7 Å². The van der Waals surface area contributed by atoms with Crippen molar-refractivity contribution in [1.82, 2.24) is 0 Å². The second-order valence-corrected chi connectivity index (χ2v) is 9.51. The predicted octanol–water partition coefficient (Wildman–Crippen LogP) is 2.90. The molecule has 0 aliphatic heterocycles. The first-order valence-electron chi connectivity index (χ1n) is 13.7. The van der Waals surface area contributed by atoms with E-state index in [9.17, 15) is 20.4 Å². The Labute approximate surface area is 256 Å². The minimum absolute atomic E-state index is 0.00975. The fourth-order valence-corrected chi connectivity index (χ4v) is 4.48. The number of phenols is 1. The molecule has 5 N–H and O–H groups in total. The van der Waals surface area contributed by atoms with Gasteiger partial charge in [0.25, 0.3) is 0 Å². The van der Waals surface area contributed by atoms with Gasteiger partial charge in [-0.2, -0.15) is 0 Å². The molecule has 0 aliphatic carbocycles. The number of aromatic hydroxyl groups is 1. The second-order valence-electron chi connectivity index (χ2n) is 9.51. The maximum absolute atomic E-state index is 11.3. The van der Waals surface area contributed by atoms with Crippen LogP contribution in [-0.2, 0) is 6.42 Å². The van der Waals surface area contributed by atoms with Crippen molar-refractivity contribution >= 4 is 6.08 Å². The average molecular weight is 617 g/mol. The van der Waals surface area contributed by atoms with E-state index in [-0.39, 0.29) is 71.2 Å². The Balaban J connectivity index is 1.91. The molecule has 1 unspecified atom stereocenters. The van der Waals surface area contributed by atoms with Crippen molar-refractivity contribution in [3.63, 3.8) is 0 Å². The topological polar surface area (TPSA) is 166 Å². The van der Waals surface area contributed by atoms with Gasteiger partial charge in [0.1, 0.15) is 12.2 Å². The van der Waals surface area contributed by atoms with E-state index < -0.39 is 24.9 Å². The summed E-state index contributed by atoms with van der Waals surface area (Å²) in [5.74, 6) is 1.60. The molecule has 0 radical (unpaired) electrons. The predicted molar refractivity (Wildman–Crippen MR) is 162 cm³/mol. The fraction of sp³-hybridized carbons (Fsp3) is 0.375. The number of benzene rings is 3. The van der Waals surface area contributed by atoms with Crippen LogP contribution in [0.2, 0.25) is 0 Å². The molecule has 3 atom stereocenters. The van der Waals surface area contributed by atoms with Crippen molar-refractivity contribution in [2.45, 2.75) is 24.7 Å². The highest BCUT2D eigenvalue weighted by molar-refractivity contribution is 5.62. The van der Waals surface area contributed by atoms with Gasteiger partial charge >= 0.3 is 0 Å². The van der Waals surface area contributed by atoms with E-state index in [0.717, 1.165) is 5.56 Å². The highest BCUT2D eigenvalue weighted by atomic mass is 16.6.